The molecule has 0 spiro atoms. The smallest absolute Gasteiger partial charge is 0.354 e. The number of rotatable bonds is 5. The summed E-state index contributed by atoms with van der Waals surface area (Å²) in [5, 5.41) is 2.69. The molecule has 1 aliphatic rings. The van der Waals surface area contributed by atoms with Crippen molar-refractivity contribution in [2.24, 2.45) is 0 Å². The van der Waals surface area contributed by atoms with Crippen LogP contribution in [0, 0.1) is 0 Å². The van der Waals surface area contributed by atoms with Crippen LogP contribution in [0.25, 0.3) is 11.0 Å². The molecule has 1 aromatic carbocycles. The predicted octanol–water partition coefficient (Wildman–Crippen LogP) is 3.42. The van der Waals surface area contributed by atoms with Crippen LogP contribution in [0.5, 0.6) is 0 Å². The fraction of sp³-hybridized carbons (Fsp3) is 0.421. The van der Waals surface area contributed by atoms with Gasteiger partial charge in [0.2, 0.25) is 11.6 Å². The van der Waals surface area contributed by atoms with Gasteiger partial charge < -0.3 is 5.32 Å². The molecule has 0 aliphatic heterocycles. The molecule has 2 aromatic rings. The zero-order valence-corrected chi connectivity index (χ0v) is 14.7. The maximum atomic E-state index is 13.1. The molecule has 0 atom stereocenters. The van der Waals surface area contributed by atoms with Crippen LogP contribution in [-0.2, 0) is 17.5 Å². The highest BCUT2D eigenvalue weighted by molar-refractivity contribution is 5.80. The molecule has 0 saturated carbocycles. The second-order valence-corrected chi connectivity index (χ2v) is 6.55. The Morgan fingerprint density at radius 1 is 1.22 bits per heavy atom. The van der Waals surface area contributed by atoms with Crippen LogP contribution < -0.4 is 10.9 Å². The molecule has 0 saturated heterocycles. The van der Waals surface area contributed by atoms with Crippen LogP contribution in [-0.4, -0.2) is 22.0 Å². The summed E-state index contributed by atoms with van der Waals surface area (Å²) in [6, 6.07) is 5.97. The van der Waals surface area contributed by atoms with E-state index in [2.05, 4.69) is 16.4 Å². The third kappa shape index (κ3) is 4.56. The summed E-state index contributed by atoms with van der Waals surface area (Å²) in [6.07, 6.45) is 2.37. The molecule has 27 heavy (non-hydrogen) atoms. The number of allylic oxidation sites excluding steroid dienone is 1. The van der Waals surface area contributed by atoms with Crippen LogP contribution in [0.15, 0.2) is 40.7 Å². The highest BCUT2D eigenvalue weighted by atomic mass is 19.4. The number of halogens is 3. The van der Waals surface area contributed by atoms with Crippen molar-refractivity contribution >= 4 is 16.9 Å². The summed E-state index contributed by atoms with van der Waals surface area (Å²) in [5.74, 6) is -0.502. The average Bonchev–Trinajstić information content (AvgIpc) is 2.64. The summed E-state index contributed by atoms with van der Waals surface area (Å²) in [7, 11) is 0. The van der Waals surface area contributed by atoms with Crippen LogP contribution in [0.3, 0.4) is 0 Å². The molecule has 1 aromatic heterocycles. The number of carbonyl (C=O) groups excluding carboxylic acids is 1. The molecule has 8 heteroatoms. The maximum absolute atomic E-state index is 13.1. The lowest BCUT2D eigenvalue weighted by Gasteiger charge is -2.15. The molecule has 3 rings (SSSR count). The van der Waals surface area contributed by atoms with Crippen LogP contribution in [0.4, 0.5) is 13.2 Å². The lowest BCUT2D eigenvalue weighted by molar-refractivity contribution is -0.142. The largest absolute Gasteiger partial charge is 0.438 e. The van der Waals surface area contributed by atoms with E-state index in [9.17, 15) is 22.8 Å². The molecule has 1 N–H and O–H groups in total. The van der Waals surface area contributed by atoms with Gasteiger partial charge in [-0.15, -0.1) is 0 Å². The first-order valence-electron chi connectivity index (χ1n) is 8.87. The van der Waals surface area contributed by atoms with Gasteiger partial charge in [0, 0.05) is 6.54 Å². The van der Waals surface area contributed by atoms with E-state index in [1.807, 2.05) is 0 Å². The highest BCUT2D eigenvalue weighted by Crippen LogP contribution is 2.26. The first-order valence-corrected chi connectivity index (χ1v) is 8.87. The SMILES string of the molecule is O=C(Cn1c(=O)c(C(F)(F)F)nc2ccccc21)NCCC1=CCCCC1. The van der Waals surface area contributed by atoms with E-state index in [0.29, 0.717) is 13.0 Å². The van der Waals surface area contributed by atoms with E-state index in [1.165, 1.54) is 30.2 Å². The van der Waals surface area contributed by atoms with E-state index in [1.54, 1.807) is 6.07 Å². The molecule has 0 fully saturated rings. The number of fused-ring (bicyclic) bond motifs is 1. The third-order valence-electron chi connectivity index (χ3n) is 4.58. The molecule has 1 amide bonds. The summed E-state index contributed by atoms with van der Waals surface area (Å²) < 4.78 is 40.2. The fourth-order valence-corrected chi connectivity index (χ4v) is 3.23. The van der Waals surface area contributed by atoms with E-state index >= 15 is 0 Å². The Kier molecular flexibility index (Phi) is 5.62. The number of hydrogen-bond acceptors (Lipinski definition) is 3. The van der Waals surface area contributed by atoms with E-state index in [0.717, 1.165) is 23.8 Å². The predicted molar refractivity (Wildman–Crippen MR) is 95.2 cm³/mol. The standard InChI is InChI=1S/C19H20F3N3O2/c20-19(21,22)17-18(27)25(15-9-5-4-8-14(15)24-17)12-16(26)23-11-10-13-6-2-1-3-7-13/h4-6,8-9H,1-3,7,10-12H2,(H,23,26). The van der Waals surface area contributed by atoms with Crippen molar-refractivity contribution in [1.29, 1.82) is 0 Å². The lowest BCUT2D eigenvalue weighted by Crippen LogP contribution is -2.36. The Morgan fingerprint density at radius 2 is 2.00 bits per heavy atom. The van der Waals surface area contributed by atoms with Crippen molar-refractivity contribution in [3.8, 4) is 0 Å². The molecule has 0 unspecified atom stereocenters. The topological polar surface area (TPSA) is 64.0 Å². The Labute approximate surface area is 153 Å². The van der Waals surface area contributed by atoms with Gasteiger partial charge in [0.05, 0.1) is 11.0 Å². The van der Waals surface area contributed by atoms with E-state index in [-0.39, 0.29) is 11.0 Å². The maximum Gasteiger partial charge on any atom is 0.438 e. The number of carbonyl (C=O) groups is 1. The number of hydrogen-bond donors (Lipinski definition) is 1. The van der Waals surface area contributed by atoms with Crippen molar-refractivity contribution in [3.05, 3.63) is 52.0 Å². The van der Waals surface area contributed by atoms with Gasteiger partial charge in [0.1, 0.15) is 6.54 Å². The van der Waals surface area contributed by atoms with Gasteiger partial charge in [0.25, 0.3) is 5.56 Å². The van der Waals surface area contributed by atoms with Gasteiger partial charge in [0.15, 0.2) is 0 Å². The van der Waals surface area contributed by atoms with Gasteiger partial charge in [-0.25, -0.2) is 4.98 Å². The number of amides is 1. The molecule has 1 heterocycles. The summed E-state index contributed by atoms with van der Waals surface area (Å²) >= 11 is 0. The normalized spacial score (nSPS) is 14.9. The number of alkyl halides is 3. The quantitative estimate of drug-likeness (QED) is 0.810. The Balaban J connectivity index is 1.79. The number of aromatic nitrogens is 2. The highest BCUT2D eigenvalue weighted by Gasteiger charge is 2.37. The average molecular weight is 379 g/mol. The zero-order chi connectivity index (χ0) is 19.4. The van der Waals surface area contributed by atoms with Crippen molar-refractivity contribution in [2.45, 2.75) is 44.8 Å². The summed E-state index contributed by atoms with van der Waals surface area (Å²) in [6.45, 7) is -0.0848. The second kappa shape index (κ2) is 7.94. The molecule has 1 aliphatic carbocycles. The molecule has 5 nitrogen and oxygen atoms in total. The van der Waals surface area contributed by atoms with Crippen molar-refractivity contribution in [1.82, 2.24) is 14.9 Å². The summed E-state index contributed by atoms with van der Waals surface area (Å²) in [4.78, 5) is 27.9. The first-order chi connectivity index (χ1) is 12.9. The van der Waals surface area contributed by atoms with Gasteiger partial charge in [-0.2, -0.15) is 13.2 Å². The molecular weight excluding hydrogens is 359 g/mol. The fourth-order valence-electron chi connectivity index (χ4n) is 3.23. The van der Waals surface area contributed by atoms with E-state index in [4.69, 9.17) is 0 Å². The minimum absolute atomic E-state index is 0.0181. The van der Waals surface area contributed by atoms with Crippen molar-refractivity contribution in [2.75, 3.05) is 6.54 Å². The zero-order valence-electron chi connectivity index (χ0n) is 14.7. The number of para-hydroxylation sites is 2. The number of benzene rings is 1. The van der Waals surface area contributed by atoms with Gasteiger partial charge in [-0.1, -0.05) is 23.8 Å². The minimum atomic E-state index is -4.88. The molecule has 0 bridgehead atoms. The number of nitrogens with one attached hydrogen (secondary N) is 1. The van der Waals surface area contributed by atoms with Gasteiger partial charge in [-0.05, 0) is 44.2 Å². The molecule has 0 radical (unpaired) electrons. The van der Waals surface area contributed by atoms with Crippen LogP contribution in [0.2, 0.25) is 0 Å². The monoisotopic (exact) mass is 379 g/mol. The van der Waals surface area contributed by atoms with Crippen molar-refractivity contribution < 1.29 is 18.0 Å². The third-order valence-corrected chi connectivity index (χ3v) is 4.58. The Hall–Kier alpha value is -2.64. The molecule has 144 valence electrons. The first kappa shape index (κ1) is 19.1. The Bertz CT molecular complexity index is 932. The minimum Gasteiger partial charge on any atom is -0.354 e. The van der Waals surface area contributed by atoms with Crippen molar-refractivity contribution in [3.63, 3.8) is 0 Å². The summed E-state index contributed by atoms with van der Waals surface area (Å²) in [5.41, 5.74) is -1.33. The van der Waals surface area contributed by atoms with E-state index < -0.39 is 29.9 Å². The van der Waals surface area contributed by atoms with Gasteiger partial charge >= 0.3 is 6.18 Å². The van der Waals surface area contributed by atoms with Crippen LogP contribution in [0.1, 0.15) is 37.8 Å². The molecular formula is C19H20F3N3O2. The second-order valence-electron chi connectivity index (χ2n) is 6.55. The lowest BCUT2D eigenvalue weighted by atomic mass is 9.97. The Morgan fingerprint density at radius 3 is 2.70 bits per heavy atom. The van der Waals surface area contributed by atoms with Gasteiger partial charge in [-0.3, -0.25) is 14.2 Å². The number of nitrogens with zero attached hydrogens (tertiary/aromatic N) is 2. The van der Waals surface area contributed by atoms with Crippen LogP contribution >= 0.6 is 0 Å².